The zero-order valence-corrected chi connectivity index (χ0v) is 14.7. The number of fused-ring (bicyclic) bond motifs is 1. The lowest BCUT2D eigenvalue weighted by atomic mass is 10.1. The van der Waals surface area contributed by atoms with Crippen molar-refractivity contribution in [2.24, 2.45) is 10.2 Å². The van der Waals surface area contributed by atoms with Crippen LogP contribution in [0.1, 0.15) is 0 Å². The van der Waals surface area contributed by atoms with E-state index in [2.05, 4.69) is 10.2 Å². The second-order valence-electron chi connectivity index (χ2n) is 5.25. The molecule has 3 aromatic rings. The maximum absolute atomic E-state index is 10.6. The van der Waals surface area contributed by atoms with Crippen LogP contribution >= 0.6 is 0 Å². The van der Waals surface area contributed by atoms with Crippen molar-refractivity contribution >= 4 is 44.1 Å². The summed E-state index contributed by atoms with van der Waals surface area (Å²) in [5.74, 6) is -0.446. The Morgan fingerprint density at radius 2 is 1.54 bits per heavy atom. The van der Waals surface area contributed by atoms with Crippen molar-refractivity contribution in [2.75, 3.05) is 5.73 Å². The summed E-state index contributed by atoms with van der Waals surface area (Å²) in [6.07, 6.45) is 0. The Labute approximate surface area is 158 Å². The molecule has 0 bridgehead atoms. The molecule has 0 aliphatic carbocycles. The number of nitrogen functional groups attached to an aromatic ring is 1. The van der Waals surface area contributed by atoms with Gasteiger partial charge in [-0.15, -0.1) is 22.9 Å². The maximum atomic E-state index is 10.6. The van der Waals surface area contributed by atoms with Gasteiger partial charge in [-0.3, -0.25) is 10.1 Å². The quantitative estimate of drug-likeness (QED) is 0.257. The fraction of sp³-hybridized carbons (Fsp3) is 0. The van der Waals surface area contributed by atoms with Gasteiger partial charge in [0.1, 0.15) is 17.1 Å². The predicted octanol–water partition coefficient (Wildman–Crippen LogP) is 3.15. The van der Waals surface area contributed by atoms with Gasteiger partial charge in [-0.2, -0.15) is 0 Å². The molecule has 0 saturated carbocycles. The van der Waals surface area contributed by atoms with E-state index in [1.165, 1.54) is 12.1 Å². The number of nitro benzene ring substituents is 1. The summed E-state index contributed by atoms with van der Waals surface area (Å²) in [4.78, 5) is 10.0. The van der Waals surface area contributed by atoms with Crippen LogP contribution in [0.5, 0.6) is 11.5 Å². The molecule has 28 heavy (non-hydrogen) atoms. The van der Waals surface area contributed by atoms with Crippen molar-refractivity contribution in [1.82, 2.24) is 0 Å². The van der Waals surface area contributed by atoms with Crippen LogP contribution in [-0.2, 0) is 10.6 Å². The van der Waals surface area contributed by atoms with Crippen molar-refractivity contribution < 1.29 is 27.8 Å². The summed E-state index contributed by atoms with van der Waals surface area (Å²) in [5.41, 5.74) is 6.27. The van der Waals surface area contributed by atoms with E-state index in [1.807, 2.05) is 0 Å². The first kappa shape index (κ1) is 20.3. The Balaban J connectivity index is 0.000000640. The van der Waals surface area contributed by atoms with Crippen LogP contribution in [0.3, 0.4) is 0 Å². The van der Waals surface area contributed by atoms with Crippen LogP contribution in [0, 0.1) is 10.1 Å². The van der Waals surface area contributed by atoms with E-state index in [-0.39, 0.29) is 28.6 Å². The lowest BCUT2D eigenvalue weighted by Crippen LogP contribution is -1.86. The molecule has 0 atom stereocenters. The zero-order chi connectivity index (χ0) is 20.8. The smallest absolute Gasteiger partial charge is 0.425 e. The summed E-state index contributed by atoms with van der Waals surface area (Å²) >= 11 is 0. The van der Waals surface area contributed by atoms with Crippen LogP contribution in [0.2, 0.25) is 0 Å². The molecule has 0 unspecified atom stereocenters. The molecule has 0 aliphatic heterocycles. The third kappa shape index (κ3) is 4.98. The number of aromatic hydroxyl groups is 2. The van der Waals surface area contributed by atoms with Crippen molar-refractivity contribution in [3.8, 4) is 11.5 Å². The van der Waals surface area contributed by atoms with Gasteiger partial charge in [-0.25, -0.2) is 0 Å². The Bertz CT molecular complexity index is 1190. The van der Waals surface area contributed by atoms with Crippen LogP contribution in [0.4, 0.5) is 22.7 Å². The highest BCUT2D eigenvalue weighted by molar-refractivity contribution is 7.59. The molecule has 12 heteroatoms. The number of benzene rings is 3. The van der Waals surface area contributed by atoms with Gasteiger partial charge in [0, 0.05) is 17.1 Å². The van der Waals surface area contributed by atoms with Gasteiger partial charge >= 0.3 is 10.6 Å². The molecular formula is C16H12N4O7S. The highest BCUT2D eigenvalue weighted by Gasteiger charge is 2.10. The molecular weight excluding hydrogens is 392 g/mol. The molecule has 11 nitrogen and oxygen atoms in total. The van der Waals surface area contributed by atoms with Crippen LogP contribution in [0.25, 0.3) is 10.8 Å². The van der Waals surface area contributed by atoms with Gasteiger partial charge in [0.25, 0.3) is 5.69 Å². The number of nitro groups is 1. The lowest BCUT2D eigenvalue weighted by molar-refractivity contribution is -0.384. The van der Waals surface area contributed by atoms with Gasteiger partial charge in [0.2, 0.25) is 0 Å². The number of non-ortho nitro benzene ring substituents is 1. The Hall–Kier alpha value is -4.06. The van der Waals surface area contributed by atoms with Gasteiger partial charge in [-0.05, 0) is 35.7 Å². The van der Waals surface area contributed by atoms with Crippen molar-refractivity contribution in [3.63, 3.8) is 0 Å². The zero-order valence-electron chi connectivity index (χ0n) is 13.9. The SMILES string of the molecule is Nc1ccc2c(O)c(N=Nc3ccc([N+](=O)[O-])cc3O)ccc2c1.O=S(=O)=O. The average molecular weight is 404 g/mol. The summed E-state index contributed by atoms with van der Waals surface area (Å²) < 4.78 is 25.3. The molecule has 0 amide bonds. The molecule has 4 N–H and O–H groups in total. The maximum Gasteiger partial charge on any atom is 0.425 e. The van der Waals surface area contributed by atoms with E-state index in [9.17, 15) is 20.3 Å². The topological polar surface area (TPSA) is 186 Å². The van der Waals surface area contributed by atoms with Crippen LogP contribution in [-0.4, -0.2) is 27.8 Å². The first-order valence-corrected chi connectivity index (χ1v) is 8.36. The van der Waals surface area contributed by atoms with Crippen LogP contribution in [0.15, 0.2) is 58.8 Å². The molecule has 0 spiro atoms. The normalized spacial score (nSPS) is 10.4. The number of azo groups is 1. The van der Waals surface area contributed by atoms with Gasteiger partial charge < -0.3 is 15.9 Å². The fourth-order valence-corrected chi connectivity index (χ4v) is 2.22. The molecule has 0 fully saturated rings. The molecule has 3 rings (SSSR count). The molecule has 0 aromatic heterocycles. The third-order valence-corrected chi connectivity index (χ3v) is 3.43. The van der Waals surface area contributed by atoms with E-state index >= 15 is 0 Å². The molecule has 0 aliphatic rings. The Morgan fingerprint density at radius 1 is 0.929 bits per heavy atom. The highest BCUT2D eigenvalue weighted by atomic mass is 32.2. The van der Waals surface area contributed by atoms with Crippen molar-refractivity contribution in [1.29, 1.82) is 0 Å². The number of hydrogen-bond donors (Lipinski definition) is 3. The average Bonchev–Trinajstić information content (AvgIpc) is 2.61. The number of nitrogens with zero attached hydrogens (tertiary/aromatic N) is 3. The van der Waals surface area contributed by atoms with Crippen molar-refractivity contribution in [2.45, 2.75) is 0 Å². The van der Waals surface area contributed by atoms with Crippen molar-refractivity contribution in [3.05, 3.63) is 58.6 Å². The molecule has 0 saturated heterocycles. The van der Waals surface area contributed by atoms with Gasteiger partial charge in [-0.1, -0.05) is 6.07 Å². The van der Waals surface area contributed by atoms with Crippen LogP contribution < -0.4 is 5.73 Å². The molecule has 0 heterocycles. The fourth-order valence-electron chi connectivity index (χ4n) is 2.22. The predicted molar refractivity (Wildman–Crippen MR) is 98.7 cm³/mol. The Morgan fingerprint density at radius 3 is 2.14 bits per heavy atom. The van der Waals surface area contributed by atoms with E-state index < -0.39 is 15.5 Å². The number of hydrogen-bond acceptors (Lipinski definition) is 10. The number of phenolic OH excluding ortho intramolecular Hbond substituents is 2. The minimum Gasteiger partial charge on any atom is -0.505 e. The summed E-state index contributed by atoms with van der Waals surface area (Å²) in [6, 6.07) is 11.8. The molecule has 0 radical (unpaired) electrons. The summed E-state index contributed by atoms with van der Waals surface area (Å²) in [6.45, 7) is 0. The van der Waals surface area contributed by atoms with Gasteiger partial charge in [0.05, 0.1) is 11.0 Å². The first-order chi connectivity index (χ1) is 13.2. The lowest BCUT2D eigenvalue weighted by Gasteiger charge is -2.04. The Kier molecular flexibility index (Phi) is 6.18. The van der Waals surface area contributed by atoms with E-state index in [0.29, 0.717) is 11.1 Å². The van der Waals surface area contributed by atoms with Gasteiger partial charge in [0.15, 0.2) is 5.75 Å². The number of anilines is 1. The minimum absolute atomic E-state index is 0.0532. The van der Waals surface area contributed by atoms with E-state index in [0.717, 1.165) is 11.5 Å². The molecule has 3 aromatic carbocycles. The molecule has 144 valence electrons. The third-order valence-electron chi connectivity index (χ3n) is 3.43. The first-order valence-electron chi connectivity index (χ1n) is 7.36. The number of phenols is 2. The minimum atomic E-state index is -3.11. The largest absolute Gasteiger partial charge is 0.505 e. The summed E-state index contributed by atoms with van der Waals surface area (Å²) in [7, 11) is -3.11. The standard InChI is InChI=1S/C16H12N4O4.O3S/c17-10-2-4-12-9(7-10)1-5-14(16(12)22)19-18-13-6-3-11(20(23)24)8-15(13)21;1-4(2)3/h1-8,21-22H,17H2;. The second-order valence-corrected chi connectivity index (χ2v) is 5.66. The number of rotatable bonds is 3. The monoisotopic (exact) mass is 404 g/mol. The van der Waals surface area contributed by atoms with E-state index in [4.69, 9.17) is 18.4 Å². The summed E-state index contributed by atoms with van der Waals surface area (Å²) in [5, 5.41) is 39.7. The highest BCUT2D eigenvalue weighted by Crippen LogP contribution is 2.37. The van der Waals surface area contributed by atoms with E-state index in [1.54, 1.807) is 30.3 Å². The number of nitrogens with two attached hydrogens (primary N) is 1. The second kappa shape index (κ2) is 8.55.